The number of ether oxygens (including phenoxy) is 2. The van der Waals surface area contributed by atoms with Gasteiger partial charge in [0.25, 0.3) is 0 Å². The van der Waals surface area contributed by atoms with Crippen molar-refractivity contribution in [2.75, 3.05) is 27.3 Å². The van der Waals surface area contributed by atoms with Gasteiger partial charge in [-0.15, -0.1) is 0 Å². The average molecular weight is 226 g/mol. The topological polar surface area (TPSA) is 70.5 Å². The van der Waals surface area contributed by atoms with Crippen LogP contribution in [0.15, 0.2) is 5.11 Å². The third-order valence-corrected chi connectivity index (χ3v) is 3.79. The number of nitrogens with zero attached hydrogens (tertiary/aromatic N) is 4. The highest BCUT2D eigenvalue weighted by atomic mass is 16.7. The van der Waals surface area contributed by atoms with Crippen molar-refractivity contribution in [2.45, 2.75) is 37.1 Å². The molecule has 2 rings (SSSR count). The fourth-order valence-electron chi connectivity index (χ4n) is 2.83. The number of azide groups is 1. The van der Waals surface area contributed by atoms with Crippen molar-refractivity contribution in [1.29, 1.82) is 0 Å². The Morgan fingerprint density at radius 1 is 1.44 bits per heavy atom. The predicted octanol–water partition coefficient (Wildman–Crippen LogP) is 1.52. The van der Waals surface area contributed by atoms with Crippen molar-refractivity contribution >= 4 is 0 Å². The Kier molecular flexibility index (Phi) is 3.35. The molecule has 2 unspecified atom stereocenters. The van der Waals surface area contributed by atoms with E-state index in [9.17, 15) is 0 Å². The molecule has 0 spiro atoms. The SMILES string of the molecule is COC1(OC)CCN2CC(N=[N+]=[N-])CC2C1. The minimum atomic E-state index is -0.438. The van der Waals surface area contributed by atoms with Crippen molar-refractivity contribution in [3.8, 4) is 0 Å². The lowest BCUT2D eigenvalue weighted by Gasteiger charge is -2.41. The summed E-state index contributed by atoms with van der Waals surface area (Å²) < 4.78 is 11.0. The Morgan fingerprint density at radius 3 is 2.81 bits per heavy atom. The van der Waals surface area contributed by atoms with E-state index in [2.05, 4.69) is 14.9 Å². The largest absolute Gasteiger partial charge is 0.353 e. The maximum Gasteiger partial charge on any atom is 0.170 e. The normalized spacial score (nSPS) is 33.1. The summed E-state index contributed by atoms with van der Waals surface area (Å²) in [5.41, 5.74) is 8.45. The number of piperidine rings is 1. The lowest BCUT2D eigenvalue weighted by Crippen LogP contribution is -2.49. The van der Waals surface area contributed by atoms with E-state index in [-0.39, 0.29) is 6.04 Å². The fourth-order valence-corrected chi connectivity index (χ4v) is 2.83. The van der Waals surface area contributed by atoms with E-state index in [1.54, 1.807) is 14.2 Å². The third kappa shape index (κ3) is 2.01. The van der Waals surface area contributed by atoms with Gasteiger partial charge in [-0.2, -0.15) is 0 Å². The molecule has 0 amide bonds. The Balaban J connectivity index is 2.03. The summed E-state index contributed by atoms with van der Waals surface area (Å²) in [7, 11) is 3.39. The van der Waals surface area contributed by atoms with Gasteiger partial charge in [0, 0.05) is 51.1 Å². The predicted molar refractivity (Wildman–Crippen MR) is 58.9 cm³/mol. The molecular formula is C10H18N4O2. The number of methoxy groups -OCH3 is 2. The lowest BCUT2D eigenvalue weighted by molar-refractivity contribution is -0.235. The summed E-state index contributed by atoms with van der Waals surface area (Å²) in [5, 5.41) is 3.80. The Morgan fingerprint density at radius 2 is 2.19 bits per heavy atom. The van der Waals surface area contributed by atoms with Crippen LogP contribution >= 0.6 is 0 Å². The van der Waals surface area contributed by atoms with E-state index in [1.807, 2.05) is 0 Å². The highest BCUT2D eigenvalue weighted by molar-refractivity contribution is 4.96. The molecule has 6 nitrogen and oxygen atoms in total. The molecule has 2 atom stereocenters. The second-order valence-corrected chi connectivity index (χ2v) is 4.52. The maximum absolute atomic E-state index is 8.45. The van der Waals surface area contributed by atoms with Gasteiger partial charge in [-0.25, -0.2) is 0 Å². The van der Waals surface area contributed by atoms with E-state index < -0.39 is 5.79 Å². The molecule has 0 aromatic carbocycles. The van der Waals surface area contributed by atoms with Gasteiger partial charge in [0.2, 0.25) is 0 Å². The van der Waals surface area contributed by atoms with Crippen LogP contribution in [0.3, 0.4) is 0 Å². The van der Waals surface area contributed by atoms with Crippen LogP contribution in [-0.4, -0.2) is 50.1 Å². The van der Waals surface area contributed by atoms with Gasteiger partial charge in [0.1, 0.15) is 0 Å². The molecule has 2 heterocycles. The number of fused-ring (bicyclic) bond motifs is 1. The summed E-state index contributed by atoms with van der Waals surface area (Å²) in [6.07, 6.45) is 2.65. The molecule has 6 heteroatoms. The highest BCUT2D eigenvalue weighted by Crippen LogP contribution is 2.36. The molecule has 0 radical (unpaired) electrons. The number of rotatable bonds is 3. The zero-order valence-electron chi connectivity index (χ0n) is 9.80. The molecular weight excluding hydrogens is 208 g/mol. The first-order valence-corrected chi connectivity index (χ1v) is 5.61. The second-order valence-electron chi connectivity index (χ2n) is 4.52. The van der Waals surface area contributed by atoms with E-state index in [1.165, 1.54) is 0 Å². The van der Waals surface area contributed by atoms with Crippen molar-refractivity contribution in [3.63, 3.8) is 0 Å². The minimum Gasteiger partial charge on any atom is -0.353 e. The molecule has 16 heavy (non-hydrogen) atoms. The summed E-state index contributed by atoms with van der Waals surface area (Å²) in [4.78, 5) is 5.26. The van der Waals surface area contributed by atoms with Crippen molar-refractivity contribution in [2.24, 2.45) is 5.11 Å². The molecule has 0 N–H and O–H groups in total. The Bertz CT molecular complexity index is 299. The molecule has 0 aliphatic carbocycles. The highest BCUT2D eigenvalue weighted by Gasteiger charge is 2.44. The first kappa shape index (κ1) is 11.7. The summed E-state index contributed by atoms with van der Waals surface area (Å²) >= 11 is 0. The first-order chi connectivity index (χ1) is 7.73. The molecule has 90 valence electrons. The van der Waals surface area contributed by atoms with Gasteiger partial charge in [0.05, 0.1) is 6.04 Å². The standard InChI is InChI=1S/C10H18N4O2/c1-15-10(16-2)3-4-14-7-8(12-13-11)5-9(14)6-10/h8-9H,3-7H2,1-2H3. The summed E-state index contributed by atoms with van der Waals surface area (Å²) in [6.45, 7) is 1.82. The van der Waals surface area contributed by atoms with Crippen LogP contribution in [0, 0.1) is 0 Å². The monoisotopic (exact) mass is 226 g/mol. The van der Waals surface area contributed by atoms with E-state index in [4.69, 9.17) is 15.0 Å². The molecule has 0 aromatic rings. The van der Waals surface area contributed by atoms with Crippen LogP contribution < -0.4 is 0 Å². The van der Waals surface area contributed by atoms with Gasteiger partial charge in [-0.3, -0.25) is 4.90 Å². The first-order valence-electron chi connectivity index (χ1n) is 5.61. The van der Waals surface area contributed by atoms with Crippen molar-refractivity contribution in [3.05, 3.63) is 10.4 Å². The lowest BCUT2D eigenvalue weighted by atomic mass is 9.96. The quantitative estimate of drug-likeness (QED) is 0.317. The molecule has 0 bridgehead atoms. The average Bonchev–Trinajstić information content (AvgIpc) is 2.70. The minimum absolute atomic E-state index is 0.111. The van der Waals surface area contributed by atoms with E-state index in [0.717, 1.165) is 32.4 Å². The smallest absolute Gasteiger partial charge is 0.170 e. The summed E-state index contributed by atoms with van der Waals surface area (Å²) in [5.74, 6) is -0.438. The maximum atomic E-state index is 8.45. The molecule has 2 fully saturated rings. The molecule has 0 aromatic heterocycles. The van der Waals surface area contributed by atoms with E-state index in [0.29, 0.717) is 6.04 Å². The summed E-state index contributed by atoms with van der Waals surface area (Å²) in [6, 6.07) is 0.531. The van der Waals surface area contributed by atoms with Crippen LogP contribution in [0.1, 0.15) is 19.3 Å². The fraction of sp³-hybridized carbons (Fsp3) is 1.00. The molecule has 2 aliphatic heterocycles. The second kappa shape index (κ2) is 4.59. The van der Waals surface area contributed by atoms with Crippen LogP contribution in [0.5, 0.6) is 0 Å². The van der Waals surface area contributed by atoms with Gasteiger partial charge in [0.15, 0.2) is 5.79 Å². The van der Waals surface area contributed by atoms with Crippen LogP contribution in [-0.2, 0) is 9.47 Å². The van der Waals surface area contributed by atoms with Crippen LogP contribution in [0.4, 0.5) is 0 Å². The molecule has 2 aliphatic rings. The van der Waals surface area contributed by atoms with E-state index >= 15 is 0 Å². The zero-order chi connectivity index (χ0) is 11.6. The van der Waals surface area contributed by atoms with Gasteiger partial charge < -0.3 is 9.47 Å². The zero-order valence-corrected chi connectivity index (χ0v) is 9.80. The van der Waals surface area contributed by atoms with Gasteiger partial charge in [-0.05, 0) is 12.0 Å². The van der Waals surface area contributed by atoms with Gasteiger partial charge in [-0.1, -0.05) is 5.11 Å². The van der Waals surface area contributed by atoms with Gasteiger partial charge >= 0.3 is 0 Å². The molecule has 0 saturated carbocycles. The van der Waals surface area contributed by atoms with Crippen LogP contribution in [0.25, 0.3) is 10.4 Å². The van der Waals surface area contributed by atoms with Crippen molar-refractivity contribution < 1.29 is 9.47 Å². The number of hydrogen-bond acceptors (Lipinski definition) is 4. The third-order valence-electron chi connectivity index (χ3n) is 3.79. The van der Waals surface area contributed by atoms with Crippen molar-refractivity contribution in [1.82, 2.24) is 4.90 Å². The number of hydrogen-bond donors (Lipinski definition) is 0. The Labute approximate surface area is 95.1 Å². The van der Waals surface area contributed by atoms with Crippen LogP contribution in [0.2, 0.25) is 0 Å². The molecule has 2 saturated heterocycles. The Hall–Kier alpha value is -0.810.